The maximum atomic E-state index is 6.40. The van der Waals surface area contributed by atoms with Gasteiger partial charge in [0.05, 0.1) is 27.9 Å². The van der Waals surface area contributed by atoms with Gasteiger partial charge in [-0.15, -0.1) is 0 Å². The van der Waals surface area contributed by atoms with Crippen molar-refractivity contribution in [1.29, 1.82) is 0 Å². The van der Waals surface area contributed by atoms with Crippen molar-refractivity contribution >= 4 is 65.4 Å². The molecule has 0 atom stereocenters. The number of benzene rings is 8. The number of fused-ring (bicyclic) bond motifs is 10. The predicted octanol–water partition coefficient (Wildman–Crippen LogP) is 13.8. The van der Waals surface area contributed by atoms with Crippen molar-refractivity contribution in [3.63, 3.8) is 0 Å². The molecule has 5 nitrogen and oxygen atoms in total. The molecule has 270 valence electrons. The third-order valence-corrected chi connectivity index (χ3v) is 11.4. The van der Waals surface area contributed by atoms with E-state index in [0.717, 1.165) is 99.7 Å². The molecule has 12 aromatic rings. The SMILES string of the molecule is c1ccc(-c2nc(-c3ccc(-c4ccc5nc(-c6ccccc6)c6ccc7oc8ccccc8c7c6c5c4)cc3)cc(-n3c4ccccc4c4ccccc43)n2)cc1. The summed E-state index contributed by atoms with van der Waals surface area (Å²) in [4.78, 5) is 15.6. The number of hydrogen-bond acceptors (Lipinski definition) is 4. The summed E-state index contributed by atoms with van der Waals surface area (Å²) in [5, 5.41) is 7.94. The van der Waals surface area contributed by atoms with Gasteiger partial charge in [-0.1, -0.05) is 146 Å². The molecule has 0 unspecified atom stereocenters. The van der Waals surface area contributed by atoms with Gasteiger partial charge in [-0.2, -0.15) is 0 Å². The Morgan fingerprint density at radius 2 is 0.983 bits per heavy atom. The van der Waals surface area contributed by atoms with Crippen molar-refractivity contribution in [2.75, 3.05) is 0 Å². The van der Waals surface area contributed by atoms with Crippen LogP contribution in [0.25, 0.3) is 116 Å². The molecule has 0 amide bonds. The van der Waals surface area contributed by atoms with E-state index < -0.39 is 0 Å². The van der Waals surface area contributed by atoms with Gasteiger partial charge >= 0.3 is 0 Å². The van der Waals surface area contributed by atoms with E-state index in [1.807, 2.05) is 36.4 Å². The Kier molecular flexibility index (Phi) is 7.16. The number of pyridine rings is 1. The van der Waals surface area contributed by atoms with Crippen molar-refractivity contribution in [1.82, 2.24) is 19.5 Å². The molecule has 5 heteroatoms. The number of furan rings is 1. The van der Waals surface area contributed by atoms with Crippen molar-refractivity contribution in [3.8, 4) is 50.8 Å². The van der Waals surface area contributed by atoms with Gasteiger partial charge in [-0.05, 0) is 53.6 Å². The molecule has 58 heavy (non-hydrogen) atoms. The molecule has 0 spiro atoms. The highest BCUT2D eigenvalue weighted by Gasteiger charge is 2.19. The van der Waals surface area contributed by atoms with Gasteiger partial charge in [0, 0.05) is 60.5 Å². The minimum Gasteiger partial charge on any atom is -0.456 e. The van der Waals surface area contributed by atoms with Crippen LogP contribution in [0.5, 0.6) is 0 Å². The molecule has 12 rings (SSSR count). The summed E-state index contributed by atoms with van der Waals surface area (Å²) in [6.07, 6.45) is 0. The lowest BCUT2D eigenvalue weighted by Crippen LogP contribution is -2.02. The molecule has 0 saturated heterocycles. The Morgan fingerprint density at radius 3 is 1.72 bits per heavy atom. The zero-order valence-electron chi connectivity index (χ0n) is 31.2. The summed E-state index contributed by atoms with van der Waals surface area (Å²) in [7, 11) is 0. The lowest BCUT2D eigenvalue weighted by atomic mass is 9.94. The summed E-state index contributed by atoms with van der Waals surface area (Å²) >= 11 is 0. The van der Waals surface area contributed by atoms with Crippen LogP contribution < -0.4 is 0 Å². The highest BCUT2D eigenvalue weighted by Crippen LogP contribution is 2.42. The summed E-state index contributed by atoms with van der Waals surface area (Å²) in [5.41, 5.74) is 12.0. The standard InChI is InChI=1S/C53H32N4O/c1-3-13-35(14-4-1)52-41-28-30-48-51(40-19-9-12-22-47(40)58-48)50(41)42-31-37(27-29-43(42)54-52)33-23-25-34(26-24-33)44-32-49(56-53(55-44)36-15-5-2-6-16-36)57-45-20-10-7-17-38(45)39-18-8-11-21-46(39)57/h1-32H. The maximum Gasteiger partial charge on any atom is 0.162 e. The Hall–Kier alpha value is -7.89. The third kappa shape index (κ3) is 5.07. The number of nitrogens with zero attached hydrogens (tertiary/aromatic N) is 4. The summed E-state index contributed by atoms with van der Waals surface area (Å²) in [5.74, 6) is 1.51. The van der Waals surface area contributed by atoms with Gasteiger partial charge in [0.25, 0.3) is 0 Å². The zero-order chi connectivity index (χ0) is 38.2. The smallest absolute Gasteiger partial charge is 0.162 e. The molecule has 0 aliphatic heterocycles. The number of para-hydroxylation sites is 3. The van der Waals surface area contributed by atoms with Crippen molar-refractivity contribution in [2.24, 2.45) is 0 Å². The fourth-order valence-electron chi connectivity index (χ4n) is 8.72. The van der Waals surface area contributed by atoms with Crippen LogP contribution in [0.2, 0.25) is 0 Å². The fourth-order valence-corrected chi connectivity index (χ4v) is 8.72. The first-order valence-electron chi connectivity index (χ1n) is 19.5. The first-order chi connectivity index (χ1) is 28.7. The van der Waals surface area contributed by atoms with Crippen LogP contribution in [0.1, 0.15) is 0 Å². The molecule has 8 aromatic carbocycles. The molecule has 4 aromatic heterocycles. The van der Waals surface area contributed by atoms with E-state index in [4.69, 9.17) is 19.4 Å². The van der Waals surface area contributed by atoms with Gasteiger partial charge in [-0.25, -0.2) is 15.0 Å². The van der Waals surface area contributed by atoms with Gasteiger partial charge in [-0.3, -0.25) is 4.57 Å². The molecule has 0 bridgehead atoms. The molecule has 0 saturated carbocycles. The molecular weight excluding hydrogens is 709 g/mol. The van der Waals surface area contributed by atoms with E-state index in [2.05, 4.69) is 162 Å². The van der Waals surface area contributed by atoms with Crippen molar-refractivity contribution < 1.29 is 4.42 Å². The number of aromatic nitrogens is 4. The lowest BCUT2D eigenvalue weighted by Gasteiger charge is -2.13. The summed E-state index contributed by atoms with van der Waals surface area (Å²) in [6, 6.07) is 67.7. The quantitative estimate of drug-likeness (QED) is 0.165. The van der Waals surface area contributed by atoms with Crippen LogP contribution in [-0.2, 0) is 0 Å². The molecule has 0 aliphatic rings. The minimum absolute atomic E-state index is 0.681. The Bertz CT molecular complexity index is 3500. The van der Waals surface area contributed by atoms with Crippen molar-refractivity contribution in [3.05, 3.63) is 194 Å². The van der Waals surface area contributed by atoms with Crippen molar-refractivity contribution in [2.45, 2.75) is 0 Å². The number of hydrogen-bond donors (Lipinski definition) is 0. The first-order valence-corrected chi connectivity index (χ1v) is 19.5. The normalized spacial score (nSPS) is 11.8. The zero-order valence-corrected chi connectivity index (χ0v) is 31.2. The summed E-state index contributed by atoms with van der Waals surface area (Å²) < 4.78 is 8.66. The van der Waals surface area contributed by atoms with E-state index >= 15 is 0 Å². The van der Waals surface area contributed by atoms with Crippen LogP contribution in [0.3, 0.4) is 0 Å². The van der Waals surface area contributed by atoms with E-state index in [0.29, 0.717) is 5.82 Å². The van der Waals surface area contributed by atoms with Gasteiger partial charge < -0.3 is 4.42 Å². The molecule has 0 aliphatic carbocycles. The van der Waals surface area contributed by atoms with Crippen LogP contribution in [0.4, 0.5) is 0 Å². The largest absolute Gasteiger partial charge is 0.456 e. The second-order valence-electron chi connectivity index (χ2n) is 14.8. The van der Waals surface area contributed by atoms with Gasteiger partial charge in [0.15, 0.2) is 5.82 Å². The Balaban J connectivity index is 1.02. The predicted molar refractivity (Wildman–Crippen MR) is 238 cm³/mol. The topological polar surface area (TPSA) is 56.7 Å². The van der Waals surface area contributed by atoms with Crippen LogP contribution in [0.15, 0.2) is 199 Å². The Morgan fingerprint density at radius 1 is 0.362 bits per heavy atom. The van der Waals surface area contributed by atoms with E-state index in [1.54, 1.807) is 0 Å². The fraction of sp³-hybridized carbons (Fsp3) is 0. The first kappa shape index (κ1) is 32.4. The highest BCUT2D eigenvalue weighted by atomic mass is 16.3. The van der Waals surface area contributed by atoms with E-state index in [9.17, 15) is 0 Å². The molecule has 0 N–H and O–H groups in total. The van der Waals surface area contributed by atoms with Crippen LogP contribution >= 0.6 is 0 Å². The molecular formula is C53H32N4O. The third-order valence-electron chi connectivity index (χ3n) is 11.4. The van der Waals surface area contributed by atoms with Crippen LogP contribution in [0, 0.1) is 0 Å². The second-order valence-corrected chi connectivity index (χ2v) is 14.8. The highest BCUT2D eigenvalue weighted by molar-refractivity contribution is 6.28. The Labute approximate surface area is 333 Å². The summed E-state index contributed by atoms with van der Waals surface area (Å²) in [6.45, 7) is 0. The number of rotatable bonds is 5. The van der Waals surface area contributed by atoms with Gasteiger partial charge in [0.1, 0.15) is 17.0 Å². The van der Waals surface area contributed by atoms with Crippen LogP contribution in [-0.4, -0.2) is 19.5 Å². The van der Waals surface area contributed by atoms with Gasteiger partial charge in [0.2, 0.25) is 0 Å². The van der Waals surface area contributed by atoms with E-state index in [1.165, 1.54) is 10.8 Å². The van der Waals surface area contributed by atoms with E-state index in [-0.39, 0.29) is 0 Å². The molecule has 4 heterocycles. The average molecular weight is 741 g/mol. The monoisotopic (exact) mass is 740 g/mol. The lowest BCUT2D eigenvalue weighted by molar-refractivity contribution is 0.669. The second kappa shape index (κ2) is 12.8. The molecule has 0 fully saturated rings. The maximum absolute atomic E-state index is 6.40. The minimum atomic E-state index is 0.681. The average Bonchev–Trinajstić information content (AvgIpc) is 3.85. The molecule has 0 radical (unpaired) electrons.